The molecule has 8 heteroatoms. The number of esters is 1. The summed E-state index contributed by atoms with van der Waals surface area (Å²) in [5, 5.41) is 6.60. The Morgan fingerprint density at radius 3 is 2.67 bits per heavy atom. The molecule has 2 aromatic carbocycles. The Bertz CT molecular complexity index is 967. The second-order valence-electron chi connectivity index (χ2n) is 8.63. The van der Waals surface area contributed by atoms with E-state index >= 15 is 0 Å². The number of anilines is 1. The summed E-state index contributed by atoms with van der Waals surface area (Å²) in [6, 6.07) is 13.2. The van der Waals surface area contributed by atoms with E-state index in [1.807, 2.05) is 30.3 Å². The van der Waals surface area contributed by atoms with E-state index in [9.17, 15) is 18.0 Å². The molecule has 2 aliphatic heterocycles. The summed E-state index contributed by atoms with van der Waals surface area (Å²) in [6.45, 7) is 4.20. The largest absolute Gasteiger partial charge is 0.465 e. The van der Waals surface area contributed by atoms with E-state index in [0.29, 0.717) is 24.4 Å². The average molecular weight is 463 g/mol. The summed E-state index contributed by atoms with van der Waals surface area (Å²) in [7, 11) is 0. The van der Waals surface area contributed by atoms with Gasteiger partial charge in [-0.05, 0) is 50.5 Å². The molecule has 1 fully saturated rings. The normalized spacial score (nSPS) is 25.4. The number of carbonyl (C=O) groups is 1. The Hall–Kier alpha value is -2.58. The smallest absolute Gasteiger partial charge is 0.416 e. The lowest BCUT2D eigenvalue weighted by molar-refractivity contribution is -0.145. The van der Waals surface area contributed by atoms with Crippen LogP contribution >= 0.6 is 0 Å². The van der Waals surface area contributed by atoms with Crippen molar-refractivity contribution < 1.29 is 27.4 Å². The SMILES string of the molecule is CCOC(=O)C(C)NC[C@H]1CC[C@@H]2[C@H](O1)c1cc(C(F)(F)F)ccc1N[C@H]2c1ccccc1. The van der Waals surface area contributed by atoms with E-state index in [2.05, 4.69) is 10.6 Å². The fourth-order valence-corrected chi connectivity index (χ4v) is 4.73. The second-order valence-corrected chi connectivity index (χ2v) is 8.63. The quantitative estimate of drug-likeness (QED) is 0.575. The Labute approximate surface area is 191 Å². The molecule has 2 heterocycles. The van der Waals surface area contributed by atoms with E-state index in [1.165, 1.54) is 12.1 Å². The van der Waals surface area contributed by atoms with Crippen LogP contribution in [0.15, 0.2) is 48.5 Å². The predicted molar refractivity (Wildman–Crippen MR) is 119 cm³/mol. The number of hydrogen-bond acceptors (Lipinski definition) is 5. The molecule has 0 spiro atoms. The lowest BCUT2D eigenvalue weighted by atomic mass is 9.76. The predicted octanol–water partition coefficient (Wildman–Crippen LogP) is 5.25. The minimum absolute atomic E-state index is 0.0119. The lowest BCUT2D eigenvalue weighted by Crippen LogP contribution is -2.45. The first-order valence-corrected chi connectivity index (χ1v) is 11.4. The third-order valence-corrected chi connectivity index (χ3v) is 6.43. The van der Waals surface area contributed by atoms with Gasteiger partial charge in [-0.15, -0.1) is 0 Å². The molecule has 1 unspecified atom stereocenters. The van der Waals surface area contributed by atoms with Crippen LogP contribution in [0.2, 0.25) is 0 Å². The van der Waals surface area contributed by atoms with Gasteiger partial charge >= 0.3 is 12.1 Å². The zero-order chi connectivity index (χ0) is 23.6. The molecule has 5 atom stereocenters. The molecule has 2 N–H and O–H groups in total. The molecule has 5 nitrogen and oxygen atoms in total. The van der Waals surface area contributed by atoms with Crippen molar-refractivity contribution >= 4 is 11.7 Å². The lowest BCUT2D eigenvalue weighted by Gasteiger charge is -2.46. The van der Waals surface area contributed by atoms with E-state index in [0.717, 1.165) is 24.5 Å². The summed E-state index contributed by atoms with van der Waals surface area (Å²) in [6.07, 6.45) is -3.60. The van der Waals surface area contributed by atoms with Crippen LogP contribution < -0.4 is 10.6 Å². The van der Waals surface area contributed by atoms with Gasteiger partial charge < -0.3 is 20.1 Å². The van der Waals surface area contributed by atoms with Crippen LogP contribution in [0.25, 0.3) is 0 Å². The first kappa shape index (κ1) is 23.6. The van der Waals surface area contributed by atoms with Gasteiger partial charge in [0.15, 0.2) is 0 Å². The number of carbonyl (C=O) groups excluding carboxylic acids is 1. The standard InChI is InChI=1S/C25H29F3N2O3/c1-3-32-24(31)15(2)29-14-18-10-11-19-22(16-7-5-4-6-8-16)30-21-12-9-17(25(26,27)28)13-20(21)23(19)33-18/h4-9,12-13,15,18-19,22-23,29-30H,3,10-11,14H2,1-2H3/t15?,18-,19+,22+,23+/m1/s1. The Morgan fingerprint density at radius 2 is 1.97 bits per heavy atom. The number of halogens is 3. The molecule has 0 amide bonds. The number of ether oxygens (including phenoxy) is 2. The molecule has 0 aromatic heterocycles. The number of benzene rings is 2. The van der Waals surface area contributed by atoms with E-state index in [4.69, 9.17) is 9.47 Å². The Balaban J connectivity index is 1.58. The van der Waals surface area contributed by atoms with Gasteiger partial charge in [0.1, 0.15) is 6.04 Å². The molecular formula is C25H29F3N2O3. The van der Waals surface area contributed by atoms with Crippen LogP contribution in [0.5, 0.6) is 0 Å². The van der Waals surface area contributed by atoms with Crippen LogP contribution in [0.1, 0.15) is 55.5 Å². The maximum atomic E-state index is 13.4. The highest BCUT2D eigenvalue weighted by Crippen LogP contribution is 2.51. The molecule has 1 saturated heterocycles. The zero-order valence-electron chi connectivity index (χ0n) is 18.7. The van der Waals surface area contributed by atoms with Crippen molar-refractivity contribution in [2.24, 2.45) is 5.92 Å². The number of rotatable bonds is 6. The van der Waals surface area contributed by atoms with Crippen molar-refractivity contribution in [1.82, 2.24) is 5.32 Å². The average Bonchev–Trinajstić information content (AvgIpc) is 2.81. The molecule has 0 saturated carbocycles. The maximum Gasteiger partial charge on any atom is 0.416 e. The molecule has 178 valence electrons. The molecule has 0 aliphatic carbocycles. The monoisotopic (exact) mass is 462 g/mol. The highest BCUT2D eigenvalue weighted by atomic mass is 19.4. The van der Waals surface area contributed by atoms with Crippen molar-refractivity contribution in [3.05, 3.63) is 65.2 Å². The minimum atomic E-state index is -4.43. The fraction of sp³-hybridized carbons (Fsp3) is 0.480. The van der Waals surface area contributed by atoms with Crippen LogP contribution in [-0.4, -0.2) is 31.3 Å². The van der Waals surface area contributed by atoms with E-state index < -0.39 is 23.9 Å². The highest BCUT2D eigenvalue weighted by Gasteiger charge is 2.43. The van der Waals surface area contributed by atoms with Gasteiger partial charge in [0, 0.05) is 23.7 Å². The topological polar surface area (TPSA) is 59.6 Å². The fourth-order valence-electron chi connectivity index (χ4n) is 4.73. The third kappa shape index (κ3) is 5.17. The molecule has 2 aromatic rings. The van der Waals surface area contributed by atoms with Crippen LogP contribution in [0.4, 0.5) is 18.9 Å². The summed E-state index contributed by atoms with van der Waals surface area (Å²) in [5.74, 6) is -0.348. The zero-order valence-corrected chi connectivity index (χ0v) is 18.7. The van der Waals surface area contributed by atoms with Gasteiger partial charge in [-0.3, -0.25) is 4.79 Å². The summed E-state index contributed by atoms with van der Waals surface area (Å²) < 4.78 is 51.7. The van der Waals surface area contributed by atoms with Gasteiger partial charge in [0.25, 0.3) is 0 Å². The first-order valence-electron chi connectivity index (χ1n) is 11.4. The van der Waals surface area contributed by atoms with Gasteiger partial charge in [-0.2, -0.15) is 13.2 Å². The van der Waals surface area contributed by atoms with Crippen LogP contribution in [0, 0.1) is 5.92 Å². The number of alkyl halides is 3. The molecular weight excluding hydrogens is 433 g/mol. The Kier molecular flexibility index (Phi) is 6.95. The van der Waals surface area contributed by atoms with Gasteiger partial charge in [-0.25, -0.2) is 0 Å². The minimum Gasteiger partial charge on any atom is -0.465 e. The van der Waals surface area contributed by atoms with Gasteiger partial charge in [-0.1, -0.05) is 30.3 Å². The summed E-state index contributed by atoms with van der Waals surface area (Å²) >= 11 is 0. The van der Waals surface area contributed by atoms with Crippen molar-refractivity contribution in [1.29, 1.82) is 0 Å². The van der Waals surface area contributed by atoms with Crippen molar-refractivity contribution in [2.75, 3.05) is 18.5 Å². The Morgan fingerprint density at radius 1 is 1.21 bits per heavy atom. The van der Waals surface area contributed by atoms with Crippen molar-refractivity contribution in [2.45, 2.75) is 57.2 Å². The molecule has 4 rings (SSSR count). The molecule has 0 radical (unpaired) electrons. The van der Waals surface area contributed by atoms with Gasteiger partial charge in [0.2, 0.25) is 0 Å². The molecule has 33 heavy (non-hydrogen) atoms. The van der Waals surface area contributed by atoms with E-state index in [1.54, 1.807) is 13.8 Å². The van der Waals surface area contributed by atoms with Crippen molar-refractivity contribution in [3.8, 4) is 0 Å². The molecule has 2 aliphatic rings. The van der Waals surface area contributed by atoms with Crippen LogP contribution in [0.3, 0.4) is 0 Å². The van der Waals surface area contributed by atoms with Gasteiger partial charge in [0.05, 0.1) is 30.4 Å². The first-order chi connectivity index (χ1) is 15.8. The number of hydrogen-bond donors (Lipinski definition) is 2. The number of fused-ring (bicyclic) bond motifs is 3. The third-order valence-electron chi connectivity index (χ3n) is 6.43. The van der Waals surface area contributed by atoms with Crippen molar-refractivity contribution in [3.63, 3.8) is 0 Å². The number of nitrogens with one attached hydrogen (secondary N) is 2. The second kappa shape index (κ2) is 9.73. The summed E-state index contributed by atoms with van der Waals surface area (Å²) in [4.78, 5) is 11.9. The maximum absolute atomic E-state index is 13.4. The van der Waals surface area contributed by atoms with Crippen LogP contribution in [-0.2, 0) is 20.4 Å². The molecule has 0 bridgehead atoms. The summed E-state index contributed by atoms with van der Waals surface area (Å²) in [5.41, 5.74) is 1.59. The van der Waals surface area contributed by atoms with E-state index in [-0.39, 0.29) is 24.0 Å². The highest BCUT2D eigenvalue weighted by molar-refractivity contribution is 5.75.